The summed E-state index contributed by atoms with van der Waals surface area (Å²) in [5, 5.41) is 0.387. The number of nitrogens with zero attached hydrogens (tertiary/aromatic N) is 2. The van der Waals surface area contributed by atoms with Crippen LogP contribution in [0.3, 0.4) is 0 Å². The second kappa shape index (κ2) is 8.36. The predicted molar refractivity (Wildman–Crippen MR) is 106 cm³/mol. The Hall–Kier alpha value is -1.65. The molecule has 1 fully saturated rings. The zero-order valence-electron chi connectivity index (χ0n) is 15.3. The zero-order chi connectivity index (χ0) is 18.7. The Morgan fingerprint density at radius 1 is 1.08 bits per heavy atom. The van der Waals surface area contributed by atoms with Crippen LogP contribution in [-0.4, -0.2) is 38.1 Å². The Morgan fingerprint density at radius 3 is 2.42 bits per heavy atom. The van der Waals surface area contributed by atoms with Gasteiger partial charge in [-0.25, -0.2) is 8.78 Å². The van der Waals surface area contributed by atoms with Gasteiger partial charge in [-0.3, -0.25) is 0 Å². The molecular formula is C21H25ClF2N2. The van der Waals surface area contributed by atoms with E-state index < -0.39 is 12.8 Å². The van der Waals surface area contributed by atoms with E-state index in [1.165, 1.54) is 0 Å². The summed E-state index contributed by atoms with van der Waals surface area (Å²) in [6.45, 7) is 4.91. The van der Waals surface area contributed by atoms with Crippen LogP contribution in [0.1, 0.15) is 30.6 Å². The molecule has 0 radical (unpaired) electrons. The fourth-order valence-electron chi connectivity index (χ4n) is 3.42. The third-order valence-corrected chi connectivity index (χ3v) is 5.52. The minimum absolute atomic E-state index is 0.357. The monoisotopic (exact) mass is 378 g/mol. The molecule has 140 valence electrons. The molecule has 0 spiro atoms. The molecule has 0 saturated carbocycles. The fraction of sp³-hybridized carbons (Fsp3) is 0.429. The van der Waals surface area contributed by atoms with Crippen molar-refractivity contribution >= 4 is 17.3 Å². The molecular weight excluding hydrogens is 354 g/mol. The molecule has 0 N–H and O–H groups in total. The number of hydrogen-bond acceptors (Lipinski definition) is 2. The lowest BCUT2D eigenvalue weighted by Gasteiger charge is -2.35. The maximum atomic E-state index is 14.6. The Morgan fingerprint density at radius 2 is 1.77 bits per heavy atom. The first-order chi connectivity index (χ1) is 12.5. The highest BCUT2D eigenvalue weighted by atomic mass is 35.5. The van der Waals surface area contributed by atoms with Crippen molar-refractivity contribution in [2.75, 3.05) is 38.1 Å². The maximum Gasteiger partial charge on any atom is 0.126 e. The quantitative estimate of drug-likeness (QED) is 0.663. The summed E-state index contributed by atoms with van der Waals surface area (Å²) >= 11 is 6.59. The van der Waals surface area contributed by atoms with Gasteiger partial charge in [-0.05, 0) is 36.7 Å². The van der Waals surface area contributed by atoms with E-state index in [-0.39, 0.29) is 0 Å². The van der Waals surface area contributed by atoms with Crippen LogP contribution in [0.2, 0.25) is 5.02 Å². The van der Waals surface area contributed by atoms with E-state index in [1.807, 2.05) is 30.3 Å². The smallest absolute Gasteiger partial charge is 0.126 e. The number of anilines is 1. The second-order valence-electron chi connectivity index (χ2n) is 6.85. The fourth-order valence-corrected chi connectivity index (χ4v) is 3.75. The molecule has 1 aliphatic heterocycles. The molecule has 26 heavy (non-hydrogen) atoms. The van der Waals surface area contributed by atoms with Gasteiger partial charge in [0.25, 0.3) is 0 Å². The van der Waals surface area contributed by atoms with Gasteiger partial charge in [0.2, 0.25) is 0 Å². The molecule has 2 aromatic carbocycles. The van der Waals surface area contributed by atoms with Crippen molar-refractivity contribution in [3.63, 3.8) is 0 Å². The first-order valence-corrected chi connectivity index (χ1v) is 9.48. The molecule has 1 aliphatic rings. The molecule has 1 unspecified atom stereocenters. The standard InChI is InChI=1S/C21H25ClF2N2/c1-3-20(24)19-13-16(26-10-8-25(2)9-11-26)12-18(21(19)22)17-7-5-4-6-15(17)14-23/h4-7,12-13,20H,3,8-11,14H2,1-2H3. The zero-order valence-corrected chi connectivity index (χ0v) is 16.1. The number of halogens is 3. The lowest BCUT2D eigenvalue weighted by molar-refractivity contribution is 0.312. The molecule has 0 aromatic heterocycles. The largest absolute Gasteiger partial charge is 0.369 e. The van der Waals surface area contributed by atoms with Crippen LogP contribution in [0.25, 0.3) is 11.1 Å². The van der Waals surface area contributed by atoms with Crippen LogP contribution in [0.5, 0.6) is 0 Å². The molecule has 1 heterocycles. The lowest BCUT2D eigenvalue weighted by Crippen LogP contribution is -2.44. The molecule has 3 rings (SSSR count). The third kappa shape index (κ3) is 3.86. The average molecular weight is 379 g/mol. The molecule has 1 saturated heterocycles. The molecule has 0 amide bonds. The summed E-state index contributed by atoms with van der Waals surface area (Å²) < 4.78 is 28.1. The Kier molecular flexibility index (Phi) is 6.15. The van der Waals surface area contributed by atoms with E-state index in [1.54, 1.807) is 13.0 Å². The van der Waals surface area contributed by atoms with Crippen molar-refractivity contribution in [2.45, 2.75) is 26.2 Å². The Bertz CT molecular complexity index is 758. The van der Waals surface area contributed by atoms with E-state index in [2.05, 4.69) is 16.8 Å². The molecule has 2 aromatic rings. The van der Waals surface area contributed by atoms with Gasteiger partial charge in [-0.2, -0.15) is 0 Å². The Labute approximate surface area is 159 Å². The van der Waals surface area contributed by atoms with E-state index in [0.717, 1.165) is 37.4 Å². The highest BCUT2D eigenvalue weighted by Gasteiger charge is 2.22. The van der Waals surface area contributed by atoms with Crippen LogP contribution in [-0.2, 0) is 6.67 Å². The average Bonchev–Trinajstić information content (AvgIpc) is 2.68. The first-order valence-electron chi connectivity index (χ1n) is 9.10. The van der Waals surface area contributed by atoms with Crippen LogP contribution in [0.15, 0.2) is 36.4 Å². The van der Waals surface area contributed by atoms with E-state index in [0.29, 0.717) is 28.1 Å². The summed E-state index contributed by atoms with van der Waals surface area (Å²) in [6, 6.07) is 11.1. The van der Waals surface area contributed by atoms with E-state index >= 15 is 0 Å². The van der Waals surface area contributed by atoms with Crippen molar-refractivity contribution in [3.05, 3.63) is 52.5 Å². The Balaban J connectivity index is 2.12. The van der Waals surface area contributed by atoms with Crippen molar-refractivity contribution in [3.8, 4) is 11.1 Å². The van der Waals surface area contributed by atoms with Crippen LogP contribution < -0.4 is 4.90 Å². The SMILES string of the molecule is CCC(F)c1cc(N2CCN(C)CC2)cc(-c2ccccc2CF)c1Cl. The van der Waals surface area contributed by atoms with Gasteiger partial charge < -0.3 is 9.80 Å². The summed E-state index contributed by atoms with van der Waals surface area (Å²) in [5.74, 6) is 0. The van der Waals surface area contributed by atoms with E-state index in [4.69, 9.17) is 11.6 Å². The summed E-state index contributed by atoms with van der Waals surface area (Å²) in [5.41, 5.74) is 3.47. The third-order valence-electron chi connectivity index (χ3n) is 5.10. The minimum Gasteiger partial charge on any atom is -0.369 e. The number of likely N-dealkylation sites (N-methyl/N-ethyl adjacent to an activating group) is 1. The predicted octanol–water partition coefficient (Wildman–Crippen LogP) is 5.65. The first kappa shape index (κ1) is 19.1. The summed E-state index contributed by atoms with van der Waals surface area (Å²) in [4.78, 5) is 4.53. The minimum atomic E-state index is -1.13. The molecule has 0 aliphatic carbocycles. The topological polar surface area (TPSA) is 6.48 Å². The van der Waals surface area contributed by atoms with Crippen molar-refractivity contribution in [1.29, 1.82) is 0 Å². The highest BCUT2D eigenvalue weighted by molar-refractivity contribution is 6.34. The van der Waals surface area contributed by atoms with Crippen LogP contribution in [0.4, 0.5) is 14.5 Å². The van der Waals surface area contributed by atoms with Gasteiger partial charge in [0.1, 0.15) is 12.8 Å². The highest BCUT2D eigenvalue weighted by Crippen LogP contribution is 2.41. The summed E-state index contributed by atoms with van der Waals surface area (Å²) in [6.07, 6.45) is -0.776. The number of benzene rings is 2. The molecule has 2 nitrogen and oxygen atoms in total. The van der Waals surface area contributed by atoms with Gasteiger partial charge in [-0.15, -0.1) is 0 Å². The van der Waals surface area contributed by atoms with E-state index in [9.17, 15) is 8.78 Å². The number of hydrogen-bond donors (Lipinski definition) is 0. The van der Waals surface area contributed by atoms with Crippen LogP contribution in [0, 0.1) is 0 Å². The van der Waals surface area contributed by atoms with Crippen molar-refractivity contribution in [2.24, 2.45) is 0 Å². The van der Waals surface area contributed by atoms with Crippen molar-refractivity contribution in [1.82, 2.24) is 4.90 Å². The second-order valence-corrected chi connectivity index (χ2v) is 7.23. The number of piperazine rings is 1. The normalized spacial score (nSPS) is 16.7. The van der Waals surface area contributed by atoms with Gasteiger partial charge in [-0.1, -0.05) is 42.8 Å². The van der Waals surface area contributed by atoms with Crippen molar-refractivity contribution < 1.29 is 8.78 Å². The van der Waals surface area contributed by atoms with Gasteiger partial charge in [0.05, 0.1) is 5.02 Å². The number of alkyl halides is 2. The molecule has 1 atom stereocenters. The summed E-state index contributed by atoms with van der Waals surface area (Å²) in [7, 11) is 2.10. The van der Waals surface area contributed by atoms with Gasteiger partial charge >= 0.3 is 0 Å². The van der Waals surface area contributed by atoms with Crippen LogP contribution >= 0.6 is 11.6 Å². The number of rotatable bonds is 5. The van der Waals surface area contributed by atoms with Gasteiger partial charge in [0, 0.05) is 43.0 Å². The lowest BCUT2D eigenvalue weighted by atomic mass is 9.95. The molecule has 0 bridgehead atoms. The van der Waals surface area contributed by atoms with Gasteiger partial charge in [0.15, 0.2) is 0 Å². The maximum absolute atomic E-state index is 14.6. The molecule has 5 heteroatoms.